The Morgan fingerprint density at radius 1 is 1.50 bits per heavy atom. The summed E-state index contributed by atoms with van der Waals surface area (Å²) in [7, 11) is 0. The Morgan fingerprint density at radius 2 is 2.00 bits per heavy atom. The van der Waals surface area contributed by atoms with Crippen LogP contribution in [0.2, 0.25) is 0 Å². The van der Waals surface area contributed by atoms with E-state index in [0.717, 1.165) is 0 Å². The first-order valence-corrected chi connectivity index (χ1v) is 2.78. The quantitative estimate of drug-likeness (QED) is 0.439. The van der Waals surface area contributed by atoms with E-state index in [0.29, 0.717) is 0 Å². The van der Waals surface area contributed by atoms with Crippen LogP contribution in [0.4, 0.5) is 0 Å². The molecule has 0 aromatic rings. The molecule has 0 amide bonds. The molecule has 1 atom stereocenters. The maximum Gasteiger partial charge on any atom is 0.305 e. The number of carbonyl (C=O) groups is 2. The number of nitrogens with two attached hydrogens (primary N) is 2. The molecule has 0 spiro atoms. The summed E-state index contributed by atoms with van der Waals surface area (Å²) in [6, 6.07) is -0.956. The van der Waals surface area contributed by atoms with Crippen LogP contribution in [0.25, 0.3) is 0 Å². The van der Waals surface area contributed by atoms with Gasteiger partial charge in [-0.15, -0.1) is 0 Å². The third-order valence-electron chi connectivity index (χ3n) is 1.01. The normalized spacial score (nSPS) is 12.6. The van der Waals surface area contributed by atoms with Gasteiger partial charge < -0.3 is 16.6 Å². The van der Waals surface area contributed by atoms with Gasteiger partial charge in [-0.1, -0.05) is 0 Å². The Morgan fingerprint density at radius 3 is 2.30 bits per heavy atom. The first kappa shape index (κ1) is 9.06. The molecule has 0 aliphatic carbocycles. The number of ketones is 1. The fraction of sp³-hybridized carbons (Fsp3) is 0.600. The molecular weight excluding hydrogens is 136 g/mol. The van der Waals surface area contributed by atoms with E-state index in [1.807, 2.05) is 0 Å². The minimum absolute atomic E-state index is 0.200. The van der Waals surface area contributed by atoms with Gasteiger partial charge in [-0.3, -0.25) is 9.59 Å². The van der Waals surface area contributed by atoms with Crippen molar-refractivity contribution >= 4 is 11.8 Å². The summed E-state index contributed by atoms with van der Waals surface area (Å²) >= 11 is 0. The van der Waals surface area contributed by atoms with Gasteiger partial charge in [0, 0.05) is 0 Å². The van der Waals surface area contributed by atoms with Crippen molar-refractivity contribution in [3.63, 3.8) is 0 Å². The average Bonchev–Trinajstić information content (AvgIpc) is 1.85. The van der Waals surface area contributed by atoms with Crippen LogP contribution in [0.5, 0.6) is 0 Å². The first-order chi connectivity index (χ1) is 4.57. The van der Waals surface area contributed by atoms with Gasteiger partial charge in [0.2, 0.25) is 0 Å². The van der Waals surface area contributed by atoms with Crippen LogP contribution in [0, 0.1) is 0 Å². The summed E-state index contributed by atoms with van der Waals surface area (Å²) in [5, 5.41) is 8.16. The van der Waals surface area contributed by atoms with Crippen LogP contribution < -0.4 is 11.5 Å². The van der Waals surface area contributed by atoms with Crippen molar-refractivity contribution in [3.05, 3.63) is 0 Å². The Hall–Kier alpha value is -0.940. The third-order valence-corrected chi connectivity index (χ3v) is 1.01. The van der Waals surface area contributed by atoms with Crippen molar-refractivity contribution < 1.29 is 14.7 Å². The zero-order chi connectivity index (χ0) is 8.15. The Kier molecular flexibility index (Phi) is 3.60. The smallest absolute Gasteiger partial charge is 0.305 e. The number of carboxylic acids is 1. The molecule has 5 nitrogen and oxygen atoms in total. The first-order valence-electron chi connectivity index (χ1n) is 2.78. The topological polar surface area (TPSA) is 106 Å². The molecule has 0 bridgehead atoms. The van der Waals surface area contributed by atoms with Gasteiger partial charge in [0.1, 0.15) is 0 Å². The second kappa shape index (κ2) is 3.97. The highest BCUT2D eigenvalue weighted by molar-refractivity contribution is 5.88. The van der Waals surface area contributed by atoms with E-state index in [1.54, 1.807) is 0 Å². The van der Waals surface area contributed by atoms with Crippen molar-refractivity contribution in [2.24, 2.45) is 11.5 Å². The Bertz CT molecular complexity index is 146. The number of carbonyl (C=O) groups excluding carboxylic acids is 1. The van der Waals surface area contributed by atoms with Crippen molar-refractivity contribution in [1.29, 1.82) is 0 Å². The van der Waals surface area contributed by atoms with Crippen molar-refractivity contribution in [2.75, 3.05) is 6.54 Å². The molecule has 0 heterocycles. The fourth-order valence-electron chi connectivity index (χ4n) is 0.453. The maximum atomic E-state index is 10.5. The monoisotopic (exact) mass is 146 g/mol. The lowest BCUT2D eigenvalue weighted by atomic mass is 10.1. The van der Waals surface area contributed by atoms with E-state index in [4.69, 9.17) is 16.6 Å². The van der Waals surface area contributed by atoms with Crippen LogP contribution in [0.1, 0.15) is 6.42 Å². The molecule has 5 N–H and O–H groups in total. The van der Waals surface area contributed by atoms with Crippen LogP contribution in [-0.4, -0.2) is 29.4 Å². The largest absolute Gasteiger partial charge is 0.481 e. The Labute approximate surface area is 58.0 Å². The lowest BCUT2D eigenvalue weighted by Crippen LogP contribution is -2.37. The van der Waals surface area contributed by atoms with Gasteiger partial charge in [-0.2, -0.15) is 0 Å². The number of hydrogen-bond donors (Lipinski definition) is 3. The molecule has 58 valence electrons. The summed E-state index contributed by atoms with van der Waals surface area (Å²) in [5.41, 5.74) is 10.0. The molecule has 0 radical (unpaired) electrons. The second-order valence-corrected chi connectivity index (χ2v) is 1.87. The zero-order valence-corrected chi connectivity index (χ0v) is 5.41. The second-order valence-electron chi connectivity index (χ2n) is 1.87. The van der Waals surface area contributed by atoms with E-state index in [-0.39, 0.29) is 13.0 Å². The standard InChI is InChI=1S/C5H10N2O3/c6-2-4(8)3(7)1-5(9)10/h3H,1-2,6-7H2,(H,9,10). The van der Waals surface area contributed by atoms with Gasteiger partial charge in [0.25, 0.3) is 0 Å². The van der Waals surface area contributed by atoms with Gasteiger partial charge in [-0.25, -0.2) is 0 Å². The van der Waals surface area contributed by atoms with Gasteiger partial charge >= 0.3 is 5.97 Å². The number of hydrogen-bond acceptors (Lipinski definition) is 4. The zero-order valence-electron chi connectivity index (χ0n) is 5.41. The molecule has 0 saturated heterocycles. The molecule has 5 heteroatoms. The molecule has 0 aromatic heterocycles. The van der Waals surface area contributed by atoms with E-state index in [2.05, 4.69) is 0 Å². The van der Waals surface area contributed by atoms with Crippen molar-refractivity contribution in [2.45, 2.75) is 12.5 Å². The number of carboxylic acid groups (broad SMARTS) is 1. The fourth-order valence-corrected chi connectivity index (χ4v) is 0.453. The lowest BCUT2D eigenvalue weighted by molar-refractivity contribution is -0.139. The average molecular weight is 146 g/mol. The molecule has 0 aliphatic heterocycles. The van der Waals surface area contributed by atoms with Crippen LogP contribution in [-0.2, 0) is 9.59 Å². The van der Waals surface area contributed by atoms with E-state index >= 15 is 0 Å². The summed E-state index contributed by atoms with van der Waals surface area (Å²) in [4.78, 5) is 20.5. The summed E-state index contributed by atoms with van der Waals surface area (Å²) in [6.45, 7) is -0.200. The van der Waals surface area contributed by atoms with Crippen molar-refractivity contribution in [1.82, 2.24) is 0 Å². The van der Waals surface area contributed by atoms with Crippen LogP contribution in [0.15, 0.2) is 0 Å². The van der Waals surface area contributed by atoms with Gasteiger partial charge in [0.15, 0.2) is 5.78 Å². The highest BCUT2D eigenvalue weighted by Crippen LogP contribution is 1.87. The molecule has 10 heavy (non-hydrogen) atoms. The SMILES string of the molecule is NCC(=O)C(N)CC(=O)O. The minimum Gasteiger partial charge on any atom is -0.481 e. The number of aliphatic carboxylic acids is 1. The molecule has 0 aromatic carbocycles. The predicted octanol–water partition coefficient (Wildman–Crippen LogP) is -1.68. The minimum atomic E-state index is -1.09. The third kappa shape index (κ3) is 3.16. The molecule has 0 saturated carbocycles. The highest BCUT2D eigenvalue weighted by Gasteiger charge is 2.14. The van der Waals surface area contributed by atoms with Crippen LogP contribution >= 0.6 is 0 Å². The summed E-state index contributed by atoms with van der Waals surface area (Å²) in [6.07, 6.45) is -0.351. The maximum absolute atomic E-state index is 10.5. The molecule has 0 rings (SSSR count). The van der Waals surface area contributed by atoms with E-state index < -0.39 is 17.8 Å². The van der Waals surface area contributed by atoms with Crippen molar-refractivity contribution in [3.8, 4) is 0 Å². The molecule has 0 fully saturated rings. The molecule has 0 aliphatic rings. The van der Waals surface area contributed by atoms with Gasteiger partial charge in [-0.05, 0) is 0 Å². The summed E-state index contributed by atoms with van der Waals surface area (Å²) < 4.78 is 0. The van der Waals surface area contributed by atoms with Crippen LogP contribution in [0.3, 0.4) is 0 Å². The number of Topliss-reactive ketones (excluding diaryl/α,β-unsaturated/α-hetero) is 1. The predicted molar refractivity (Wildman–Crippen MR) is 34.3 cm³/mol. The van der Waals surface area contributed by atoms with E-state index in [1.165, 1.54) is 0 Å². The number of rotatable bonds is 4. The Balaban J connectivity index is 3.72. The highest BCUT2D eigenvalue weighted by atomic mass is 16.4. The lowest BCUT2D eigenvalue weighted by Gasteiger charge is -2.03. The molecular formula is C5H10N2O3. The van der Waals surface area contributed by atoms with E-state index in [9.17, 15) is 9.59 Å². The van der Waals surface area contributed by atoms with Gasteiger partial charge in [0.05, 0.1) is 19.0 Å². The summed E-state index contributed by atoms with van der Waals surface area (Å²) in [5.74, 6) is -1.52. The molecule has 1 unspecified atom stereocenters.